The molecule has 6 heteroatoms. The van der Waals surface area contributed by atoms with E-state index in [2.05, 4.69) is 0 Å². The van der Waals surface area contributed by atoms with Crippen LogP contribution in [0, 0.1) is 11.8 Å². The Morgan fingerprint density at radius 1 is 1.53 bits per heavy atom. The Morgan fingerprint density at radius 3 is 2.74 bits per heavy atom. The van der Waals surface area contributed by atoms with Crippen LogP contribution in [0.15, 0.2) is 0 Å². The molecule has 6 nitrogen and oxygen atoms in total. The Balaban J connectivity index is 2.58. The third kappa shape index (κ3) is 4.47. The van der Waals surface area contributed by atoms with Gasteiger partial charge in [0.05, 0.1) is 0 Å². The third-order valence-electron chi connectivity index (χ3n) is 3.84. The number of methoxy groups -OCH3 is 1. The SMILES string of the molecule is COC(CN)C(=O)N1CCCC(C(C)CC(=O)O)C1. The van der Waals surface area contributed by atoms with Crippen molar-refractivity contribution < 1.29 is 19.4 Å². The van der Waals surface area contributed by atoms with Gasteiger partial charge in [0.25, 0.3) is 5.91 Å². The minimum absolute atomic E-state index is 0.0759. The van der Waals surface area contributed by atoms with E-state index in [0.717, 1.165) is 12.8 Å². The van der Waals surface area contributed by atoms with Crippen molar-refractivity contribution in [3.8, 4) is 0 Å². The van der Waals surface area contributed by atoms with Gasteiger partial charge in [-0.25, -0.2) is 0 Å². The lowest BCUT2D eigenvalue weighted by Gasteiger charge is -2.36. The summed E-state index contributed by atoms with van der Waals surface area (Å²) in [5.74, 6) is -0.555. The van der Waals surface area contributed by atoms with Crippen molar-refractivity contribution in [3.05, 3.63) is 0 Å². The number of carboxylic acid groups (broad SMARTS) is 1. The molecule has 3 atom stereocenters. The molecule has 1 amide bonds. The zero-order valence-electron chi connectivity index (χ0n) is 11.7. The molecule has 0 spiro atoms. The third-order valence-corrected chi connectivity index (χ3v) is 3.84. The van der Waals surface area contributed by atoms with Gasteiger partial charge in [-0.05, 0) is 24.7 Å². The van der Waals surface area contributed by atoms with E-state index in [9.17, 15) is 9.59 Å². The molecule has 0 saturated carbocycles. The van der Waals surface area contributed by atoms with E-state index in [1.807, 2.05) is 6.92 Å². The molecule has 1 fully saturated rings. The monoisotopic (exact) mass is 272 g/mol. The van der Waals surface area contributed by atoms with Crippen molar-refractivity contribution in [2.75, 3.05) is 26.7 Å². The van der Waals surface area contributed by atoms with Gasteiger partial charge in [-0.15, -0.1) is 0 Å². The quantitative estimate of drug-likeness (QED) is 0.726. The van der Waals surface area contributed by atoms with Crippen LogP contribution in [-0.2, 0) is 14.3 Å². The summed E-state index contributed by atoms with van der Waals surface area (Å²) >= 11 is 0. The molecule has 1 saturated heterocycles. The number of hydrogen-bond donors (Lipinski definition) is 2. The standard InChI is InChI=1S/C13H24N2O4/c1-9(6-12(16)17)10-4-3-5-15(8-10)13(18)11(7-14)19-2/h9-11H,3-8,14H2,1-2H3,(H,16,17). The first-order valence-electron chi connectivity index (χ1n) is 6.73. The lowest BCUT2D eigenvalue weighted by atomic mass is 9.84. The zero-order valence-corrected chi connectivity index (χ0v) is 11.7. The molecule has 1 heterocycles. The van der Waals surface area contributed by atoms with Crippen LogP contribution in [-0.4, -0.2) is 54.7 Å². The molecule has 110 valence electrons. The lowest BCUT2D eigenvalue weighted by Crippen LogP contribution is -2.48. The second kappa shape index (κ2) is 7.45. The first-order valence-corrected chi connectivity index (χ1v) is 6.73. The predicted molar refractivity (Wildman–Crippen MR) is 70.6 cm³/mol. The molecule has 0 aromatic rings. The normalized spacial score (nSPS) is 22.9. The van der Waals surface area contributed by atoms with Gasteiger partial charge in [0.1, 0.15) is 6.10 Å². The molecular weight excluding hydrogens is 248 g/mol. The van der Waals surface area contributed by atoms with E-state index in [-0.39, 0.29) is 30.7 Å². The predicted octanol–water partition coefficient (Wildman–Crippen LogP) is 0.310. The molecule has 1 rings (SSSR count). The van der Waals surface area contributed by atoms with Gasteiger partial charge in [0.2, 0.25) is 0 Å². The van der Waals surface area contributed by atoms with Crippen LogP contribution < -0.4 is 5.73 Å². The summed E-state index contributed by atoms with van der Waals surface area (Å²) in [6.45, 7) is 3.41. The zero-order chi connectivity index (χ0) is 14.4. The van der Waals surface area contributed by atoms with Crippen molar-refractivity contribution in [1.82, 2.24) is 4.90 Å². The Bertz CT molecular complexity index is 318. The summed E-state index contributed by atoms with van der Waals surface area (Å²) in [4.78, 5) is 24.7. The fourth-order valence-electron chi connectivity index (χ4n) is 2.62. The number of piperidine rings is 1. The molecule has 3 unspecified atom stereocenters. The smallest absolute Gasteiger partial charge is 0.303 e. The highest BCUT2D eigenvalue weighted by Crippen LogP contribution is 2.26. The van der Waals surface area contributed by atoms with E-state index < -0.39 is 12.1 Å². The van der Waals surface area contributed by atoms with Crippen LogP contribution in [0.25, 0.3) is 0 Å². The minimum Gasteiger partial charge on any atom is -0.481 e. The maximum Gasteiger partial charge on any atom is 0.303 e. The largest absolute Gasteiger partial charge is 0.481 e. The number of ether oxygens (including phenoxy) is 1. The van der Waals surface area contributed by atoms with Gasteiger partial charge in [-0.2, -0.15) is 0 Å². The number of likely N-dealkylation sites (tertiary alicyclic amines) is 1. The molecule has 1 aliphatic rings. The molecule has 0 aliphatic carbocycles. The maximum atomic E-state index is 12.2. The molecule has 3 N–H and O–H groups in total. The Morgan fingerprint density at radius 2 is 2.21 bits per heavy atom. The Labute approximate surface area is 113 Å². The van der Waals surface area contributed by atoms with Crippen molar-refractivity contribution in [3.63, 3.8) is 0 Å². The van der Waals surface area contributed by atoms with Gasteiger partial charge < -0.3 is 20.5 Å². The average Bonchev–Trinajstić information content (AvgIpc) is 2.39. The minimum atomic E-state index is -0.785. The number of nitrogens with zero attached hydrogens (tertiary/aromatic N) is 1. The molecule has 1 aliphatic heterocycles. The van der Waals surface area contributed by atoms with Gasteiger partial charge in [0.15, 0.2) is 0 Å². The number of carbonyl (C=O) groups excluding carboxylic acids is 1. The van der Waals surface area contributed by atoms with Gasteiger partial charge in [0, 0.05) is 33.2 Å². The number of carboxylic acids is 1. The van der Waals surface area contributed by atoms with Crippen LogP contribution in [0.4, 0.5) is 0 Å². The number of hydrogen-bond acceptors (Lipinski definition) is 4. The van der Waals surface area contributed by atoms with Gasteiger partial charge in [-0.3, -0.25) is 9.59 Å². The van der Waals surface area contributed by atoms with Crippen molar-refractivity contribution in [2.24, 2.45) is 17.6 Å². The van der Waals surface area contributed by atoms with Crippen molar-refractivity contribution in [1.29, 1.82) is 0 Å². The first-order chi connectivity index (χ1) is 8.99. The molecule has 0 radical (unpaired) electrons. The second-order valence-electron chi connectivity index (χ2n) is 5.22. The Hall–Kier alpha value is -1.14. The van der Waals surface area contributed by atoms with Crippen LogP contribution in [0.1, 0.15) is 26.2 Å². The molecule has 0 bridgehead atoms. The van der Waals surface area contributed by atoms with E-state index >= 15 is 0 Å². The van der Waals surface area contributed by atoms with E-state index in [1.54, 1.807) is 4.90 Å². The summed E-state index contributed by atoms with van der Waals surface area (Å²) in [5.41, 5.74) is 5.50. The van der Waals surface area contributed by atoms with Gasteiger partial charge >= 0.3 is 5.97 Å². The number of carbonyl (C=O) groups is 2. The topological polar surface area (TPSA) is 92.9 Å². The Kier molecular flexibility index (Phi) is 6.24. The van der Waals surface area contributed by atoms with Crippen LogP contribution in [0.3, 0.4) is 0 Å². The highest BCUT2D eigenvalue weighted by molar-refractivity contribution is 5.81. The number of rotatable bonds is 6. The fourth-order valence-corrected chi connectivity index (χ4v) is 2.62. The summed E-state index contributed by atoms with van der Waals surface area (Å²) in [6, 6.07) is 0. The summed E-state index contributed by atoms with van der Waals surface area (Å²) < 4.78 is 5.06. The number of nitrogens with two attached hydrogens (primary N) is 1. The van der Waals surface area contributed by atoms with E-state index in [4.69, 9.17) is 15.6 Å². The maximum absolute atomic E-state index is 12.2. The second-order valence-corrected chi connectivity index (χ2v) is 5.22. The van der Waals surface area contributed by atoms with Crippen LogP contribution in [0.5, 0.6) is 0 Å². The highest BCUT2D eigenvalue weighted by atomic mass is 16.5. The summed E-state index contributed by atoms with van der Waals surface area (Å²) in [5, 5.41) is 8.84. The number of aliphatic carboxylic acids is 1. The van der Waals surface area contributed by atoms with Crippen LogP contribution >= 0.6 is 0 Å². The van der Waals surface area contributed by atoms with Crippen LogP contribution in [0.2, 0.25) is 0 Å². The lowest BCUT2D eigenvalue weighted by molar-refractivity contribution is -0.143. The first kappa shape index (κ1) is 15.9. The molecule has 0 aromatic heterocycles. The van der Waals surface area contributed by atoms with E-state index in [1.165, 1.54) is 7.11 Å². The summed E-state index contributed by atoms with van der Waals surface area (Å²) in [6.07, 6.45) is 1.44. The fraction of sp³-hybridized carbons (Fsp3) is 0.846. The van der Waals surface area contributed by atoms with Crippen molar-refractivity contribution in [2.45, 2.75) is 32.3 Å². The van der Waals surface area contributed by atoms with Crippen molar-refractivity contribution >= 4 is 11.9 Å². The molecule has 19 heavy (non-hydrogen) atoms. The highest BCUT2D eigenvalue weighted by Gasteiger charge is 2.31. The molecule has 0 aromatic carbocycles. The van der Waals surface area contributed by atoms with E-state index in [0.29, 0.717) is 13.1 Å². The average molecular weight is 272 g/mol. The number of amides is 1. The van der Waals surface area contributed by atoms with Gasteiger partial charge in [-0.1, -0.05) is 6.92 Å². The summed E-state index contributed by atoms with van der Waals surface area (Å²) in [7, 11) is 1.48. The molecular formula is C13H24N2O4.